The van der Waals surface area contributed by atoms with Crippen molar-refractivity contribution in [2.75, 3.05) is 31.6 Å². The van der Waals surface area contributed by atoms with Crippen LogP contribution in [0, 0.1) is 0 Å². The molecule has 1 aliphatic rings. The maximum Gasteiger partial charge on any atom is 0.262 e. The number of ether oxygens (including phenoxy) is 1. The fraction of sp³-hybridized carbons (Fsp3) is 0.346. The molecular formula is C26H30N6O2. The highest BCUT2D eigenvalue weighted by atomic mass is 16.5. The Bertz CT molecular complexity index is 1350. The highest BCUT2D eigenvalue weighted by Gasteiger charge is 2.21. The minimum atomic E-state index is -0.215. The number of rotatable bonds is 6. The van der Waals surface area contributed by atoms with Crippen molar-refractivity contribution < 1.29 is 4.74 Å². The number of anilines is 1. The second-order valence-electron chi connectivity index (χ2n) is 8.61. The molecule has 0 radical (unpaired) electrons. The van der Waals surface area contributed by atoms with Gasteiger partial charge in [0.25, 0.3) is 5.56 Å². The fourth-order valence-corrected chi connectivity index (χ4v) is 4.69. The smallest absolute Gasteiger partial charge is 0.262 e. The standard InChI is InChI=1S/C26H30N6O2/c1-4-34-21-16-19(32-14-12-18(27-2)13-15-32)10-11-20(21)24-28-25-22(26(33)29-24)23(30-31(25)3)17-8-6-5-7-9-17/h5-11,16,18,27H,4,12-15H2,1-3H3,(H,28,29,33). The third-order valence-electron chi connectivity index (χ3n) is 6.53. The zero-order valence-corrected chi connectivity index (χ0v) is 19.8. The van der Waals surface area contributed by atoms with Crippen molar-refractivity contribution in [1.29, 1.82) is 0 Å². The molecular weight excluding hydrogens is 428 g/mol. The zero-order chi connectivity index (χ0) is 23.7. The third kappa shape index (κ3) is 4.05. The number of fused-ring (bicyclic) bond motifs is 1. The maximum absolute atomic E-state index is 13.2. The van der Waals surface area contributed by atoms with Crippen LogP contribution in [0.15, 0.2) is 53.3 Å². The van der Waals surface area contributed by atoms with E-state index in [4.69, 9.17) is 9.72 Å². The summed E-state index contributed by atoms with van der Waals surface area (Å²) in [6, 6.07) is 16.4. The van der Waals surface area contributed by atoms with Gasteiger partial charge >= 0.3 is 0 Å². The molecule has 34 heavy (non-hydrogen) atoms. The van der Waals surface area contributed by atoms with Gasteiger partial charge in [0.05, 0.1) is 12.2 Å². The van der Waals surface area contributed by atoms with Gasteiger partial charge in [-0.15, -0.1) is 0 Å². The first-order chi connectivity index (χ1) is 16.6. The normalized spacial score (nSPS) is 14.6. The van der Waals surface area contributed by atoms with E-state index >= 15 is 0 Å². The summed E-state index contributed by atoms with van der Waals surface area (Å²) in [5, 5.41) is 8.45. The summed E-state index contributed by atoms with van der Waals surface area (Å²) in [6.45, 7) is 4.47. The van der Waals surface area contributed by atoms with E-state index in [9.17, 15) is 4.79 Å². The number of aryl methyl sites for hydroxylation is 1. The van der Waals surface area contributed by atoms with Gasteiger partial charge < -0.3 is 19.9 Å². The van der Waals surface area contributed by atoms with Gasteiger partial charge in [0.1, 0.15) is 22.7 Å². The molecule has 0 atom stereocenters. The molecule has 8 heteroatoms. The molecule has 0 unspecified atom stereocenters. The van der Waals surface area contributed by atoms with Crippen LogP contribution in [0.1, 0.15) is 19.8 Å². The SMILES string of the molecule is CCOc1cc(N2CCC(NC)CC2)ccc1-c1nc2c(c(-c3ccccc3)nn2C)c(=O)[nH]1. The summed E-state index contributed by atoms with van der Waals surface area (Å²) in [6.07, 6.45) is 2.22. The van der Waals surface area contributed by atoms with Gasteiger partial charge in [-0.25, -0.2) is 9.67 Å². The lowest BCUT2D eigenvalue weighted by Gasteiger charge is -2.33. The van der Waals surface area contributed by atoms with Gasteiger partial charge in [0, 0.05) is 43.5 Å². The number of nitrogens with one attached hydrogen (secondary N) is 2. The molecule has 1 saturated heterocycles. The number of aromatic amines is 1. The van der Waals surface area contributed by atoms with Crippen molar-refractivity contribution in [3.05, 3.63) is 58.9 Å². The average Bonchev–Trinajstić information content (AvgIpc) is 3.21. The van der Waals surface area contributed by atoms with Crippen molar-refractivity contribution in [1.82, 2.24) is 25.1 Å². The first-order valence-electron chi connectivity index (χ1n) is 11.8. The molecule has 176 valence electrons. The second kappa shape index (κ2) is 9.30. The summed E-state index contributed by atoms with van der Waals surface area (Å²) >= 11 is 0. The van der Waals surface area contributed by atoms with Crippen LogP contribution in [-0.2, 0) is 7.05 Å². The fourth-order valence-electron chi connectivity index (χ4n) is 4.69. The number of aromatic nitrogens is 4. The molecule has 3 heterocycles. The van der Waals surface area contributed by atoms with Crippen molar-refractivity contribution >= 4 is 16.7 Å². The van der Waals surface area contributed by atoms with Gasteiger partial charge in [-0.05, 0) is 38.9 Å². The van der Waals surface area contributed by atoms with Crippen molar-refractivity contribution in [3.8, 4) is 28.4 Å². The molecule has 0 aliphatic carbocycles. The van der Waals surface area contributed by atoms with Crippen LogP contribution in [0.4, 0.5) is 5.69 Å². The van der Waals surface area contributed by atoms with Crippen molar-refractivity contribution in [2.45, 2.75) is 25.8 Å². The molecule has 0 spiro atoms. The molecule has 1 aliphatic heterocycles. The van der Waals surface area contributed by atoms with Gasteiger partial charge in [-0.3, -0.25) is 4.79 Å². The summed E-state index contributed by atoms with van der Waals surface area (Å²) in [5.41, 5.74) is 3.72. The van der Waals surface area contributed by atoms with Crippen molar-refractivity contribution in [3.63, 3.8) is 0 Å². The van der Waals surface area contributed by atoms with Crippen LogP contribution < -0.4 is 20.5 Å². The molecule has 2 aromatic heterocycles. The Kier molecular flexibility index (Phi) is 6.06. The molecule has 0 amide bonds. The van der Waals surface area contributed by atoms with Crippen LogP contribution in [0.25, 0.3) is 33.7 Å². The lowest BCUT2D eigenvalue weighted by Crippen LogP contribution is -2.41. The van der Waals surface area contributed by atoms with Gasteiger partial charge in [0.15, 0.2) is 5.65 Å². The lowest BCUT2D eigenvalue weighted by molar-refractivity contribution is 0.341. The van der Waals surface area contributed by atoms with E-state index in [1.807, 2.05) is 57.4 Å². The van der Waals surface area contributed by atoms with Crippen molar-refractivity contribution in [2.24, 2.45) is 7.05 Å². The van der Waals surface area contributed by atoms with Crippen LogP contribution >= 0.6 is 0 Å². The quantitative estimate of drug-likeness (QED) is 0.459. The number of piperidine rings is 1. The number of hydrogen-bond donors (Lipinski definition) is 2. The summed E-state index contributed by atoms with van der Waals surface area (Å²) in [4.78, 5) is 23.4. The summed E-state index contributed by atoms with van der Waals surface area (Å²) in [7, 11) is 3.84. The predicted molar refractivity (Wildman–Crippen MR) is 135 cm³/mol. The largest absolute Gasteiger partial charge is 0.493 e. The second-order valence-corrected chi connectivity index (χ2v) is 8.61. The van der Waals surface area contributed by atoms with E-state index in [-0.39, 0.29) is 5.56 Å². The minimum absolute atomic E-state index is 0.215. The van der Waals surface area contributed by atoms with E-state index in [0.29, 0.717) is 40.9 Å². The van der Waals surface area contributed by atoms with E-state index in [1.54, 1.807) is 4.68 Å². The van der Waals surface area contributed by atoms with E-state index in [2.05, 4.69) is 32.4 Å². The molecule has 0 bridgehead atoms. The first kappa shape index (κ1) is 22.2. The number of benzene rings is 2. The third-order valence-corrected chi connectivity index (χ3v) is 6.53. The molecule has 2 aromatic carbocycles. The molecule has 8 nitrogen and oxygen atoms in total. The monoisotopic (exact) mass is 458 g/mol. The summed E-state index contributed by atoms with van der Waals surface area (Å²) in [5.74, 6) is 1.19. The lowest BCUT2D eigenvalue weighted by atomic mass is 10.0. The van der Waals surface area contributed by atoms with Gasteiger partial charge in [-0.1, -0.05) is 30.3 Å². The predicted octanol–water partition coefficient (Wildman–Crippen LogP) is 3.58. The Hall–Kier alpha value is -3.65. The Labute approximate surface area is 198 Å². The average molecular weight is 459 g/mol. The van der Waals surface area contributed by atoms with E-state index in [0.717, 1.165) is 42.7 Å². The topological polar surface area (TPSA) is 88.1 Å². The number of hydrogen-bond acceptors (Lipinski definition) is 6. The van der Waals surface area contributed by atoms with E-state index in [1.165, 1.54) is 0 Å². The highest BCUT2D eigenvalue weighted by molar-refractivity contribution is 5.91. The van der Waals surface area contributed by atoms with E-state index < -0.39 is 0 Å². The number of nitrogens with zero attached hydrogens (tertiary/aromatic N) is 4. The molecule has 4 aromatic rings. The zero-order valence-electron chi connectivity index (χ0n) is 19.8. The van der Waals surface area contributed by atoms with Gasteiger partial charge in [-0.2, -0.15) is 5.10 Å². The Morgan fingerprint density at radius 3 is 2.62 bits per heavy atom. The summed E-state index contributed by atoms with van der Waals surface area (Å²) < 4.78 is 7.66. The van der Waals surface area contributed by atoms with Crippen LogP contribution in [0.2, 0.25) is 0 Å². The minimum Gasteiger partial charge on any atom is -0.493 e. The molecule has 5 rings (SSSR count). The number of H-pyrrole nitrogens is 1. The molecule has 2 N–H and O–H groups in total. The highest BCUT2D eigenvalue weighted by Crippen LogP contribution is 2.34. The maximum atomic E-state index is 13.2. The Morgan fingerprint density at radius 2 is 1.91 bits per heavy atom. The molecule has 0 saturated carbocycles. The van der Waals surface area contributed by atoms with Gasteiger partial charge in [0.2, 0.25) is 0 Å². The van der Waals surface area contributed by atoms with Crippen LogP contribution in [0.3, 0.4) is 0 Å². The Balaban J connectivity index is 1.55. The Morgan fingerprint density at radius 1 is 1.15 bits per heavy atom. The van der Waals surface area contributed by atoms with Crippen LogP contribution in [-0.4, -0.2) is 52.5 Å². The molecule has 1 fully saturated rings. The van der Waals surface area contributed by atoms with Crippen LogP contribution in [0.5, 0.6) is 5.75 Å². The first-order valence-corrected chi connectivity index (χ1v) is 11.8.